The highest BCUT2D eigenvalue weighted by atomic mass is 79.9. The molecule has 0 spiro atoms. The summed E-state index contributed by atoms with van der Waals surface area (Å²) in [5, 5.41) is 13.9. The van der Waals surface area contributed by atoms with Gasteiger partial charge in [0.15, 0.2) is 5.78 Å². The summed E-state index contributed by atoms with van der Waals surface area (Å²) in [6, 6.07) is 81.1. The Bertz CT molecular complexity index is 6990. The number of carboxylic acids is 1. The SMILES string of the molecule is CC(C)(C)c1ccc(N(c2ccc(C(C)(C)C)cc2)c2ccc3c(c2)Cc2c(ccc(Cl)c2Cl)CC3)cc1.Clc1ccc2c(c1Cl)Cc1cc(Br)ccc1CC2.O=C(O)c1c(CCc2ccc(Br)cc2)ccc(Cl)c1Cl.O=C1O/C(=C\c2ccc(Br)cc2)c2ccc(Cl)c(Cl)c21.O=C1OC(=O)c2c1ccc(Cl)c2Cl.O=C1c2cc(Br)ccc2CCc2ccc(Cl)c(Cl)c21.O=COc1ccc(Br)cc1. The Morgan fingerprint density at radius 1 is 0.370 bits per heavy atom. The van der Waals surface area contributed by atoms with Gasteiger partial charge in [-0.05, 0) is 322 Å². The van der Waals surface area contributed by atoms with E-state index >= 15 is 0 Å². The molecule has 0 amide bonds. The quantitative estimate of drug-likeness (QED) is 0.0791. The van der Waals surface area contributed by atoms with Crippen LogP contribution in [0.3, 0.4) is 0 Å². The van der Waals surface area contributed by atoms with Crippen molar-refractivity contribution in [1.82, 2.24) is 0 Å². The first kappa shape index (κ1) is 107. The van der Waals surface area contributed by atoms with E-state index < -0.39 is 23.9 Å². The number of cyclic esters (lactones) is 3. The number of carbonyl (C=O) groups excluding carboxylic acids is 5. The van der Waals surface area contributed by atoms with E-state index in [-0.39, 0.29) is 58.4 Å². The van der Waals surface area contributed by atoms with Crippen LogP contribution < -0.4 is 9.64 Å². The first-order valence-electron chi connectivity index (χ1n) is 43.0. The van der Waals surface area contributed by atoms with Crippen LogP contribution in [0.25, 0.3) is 11.8 Å². The van der Waals surface area contributed by atoms with E-state index in [2.05, 4.69) is 233 Å². The molecule has 0 aromatic heterocycles. The van der Waals surface area contributed by atoms with Gasteiger partial charge in [-0.2, -0.15) is 0 Å². The summed E-state index contributed by atoms with van der Waals surface area (Å²) in [5.74, 6) is -1.97. The number of carboxylic acid groups (broad SMARTS) is 1. The van der Waals surface area contributed by atoms with Crippen LogP contribution in [0.2, 0.25) is 60.3 Å². The summed E-state index contributed by atoms with van der Waals surface area (Å²) in [5.41, 5.74) is 24.0. The largest absolute Gasteiger partial charge is 0.478 e. The fraction of sp³-hybridized carbons (Fsp3) is 0.164. The number of benzene rings is 14. The number of esters is 3. The Kier molecular flexibility index (Phi) is 37.0. The Balaban J connectivity index is 0.000000141. The number of ether oxygens (including phenoxy) is 3. The zero-order valence-corrected chi connectivity index (χ0v) is 91.4. The molecule has 3 aliphatic carbocycles. The van der Waals surface area contributed by atoms with Crippen molar-refractivity contribution < 1.29 is 48.1 Å². The fourth-order valence-electron chi connectivity index (χ4n) is 15.9. The molecule has 2 heterocycles. The molecule has 0 bridgehead atoms. The van der Waals surface area contributed by atoms with Crippen molar-refractivity contribution >= 4 is 284 Å². The number of nitrogens with zero attached hydrogens (tertiary/aromatic N) is 1. The van der Waals surface area contributed by atoms with Gasteiger partial charge >= 0.3 is 23.9 Å². The molecule has 0 fully saturated rings. The molecule has 19 rings (SSSR count). The molecule has 0 atom stereocenters. The fourth-order valence-corrected chi connectivity index (χ4v) is 20.0. The highest BCUT2D eigenvalue weighted by Gasteiger charge is 2.35. The van der Waals surface area contributed by atoms with Crippen molar-refractivity contribution in [3.05, 3.63) is 454 Å². The van der Waals surface area contributed by atoms with Gasteiger partial charge in [0.05, 0.1) is 82.5 Å². The van der Waals surface area contributed by atoms with Gasteiger partial charge in [-0.25, -0.2) is 19.2 Å². The lowest BCUT2D eigenvalue weighted by atomic mass is 9.86. The summed E-state index contributed by atoms with van der Waals surface area (Å²) in [6.07, 6.45) is 10.5. The molecule has 0 radical (unpaired) electrons. The number of aryl methyl sites for hydroxylation is 8. The van der Waals surface area contributed by atoms with Gasteiger partial charge in [-0.1, -0.05) is 351 Å². The molecular weight excluding hydrogens is 2320 g/mol. The molecule has 14 aromatic rings. The minimum atomic E-state index is -1.05. The average molecular weight is 2400 g/mol. The topological polar surface area (TPSA) is 154 Å². The number of rotatable bonds is 10. The molecule has 138 heavy (non-hydrogen) atoms. The van der Waals surface area contributed by atoms with Crippen LogP contribution in [0.5, 0.6) is 5.75 Å². The molecule has 0 saturated carbocycles. The van der Waals surface area contributed by atoms with Crippen LogP contribution in [0, 0.1) is 0 Å². The van der Waals surface area contributed by atoms with Crippen LogP contribution in [-0.2, 0) is 89.3 Å². The maximum atomic E-state index is 12.7. The van der Waals surface area contributed by atoms with E-state index in [0.29, 0.717) is 87.4 Å². The molecule has 28 heteroatoms. The monoisotopic (exact) mass is 2390 g/mol. The first-order chi connectivity index (χ1) is 65.6. The van der Waals surface area contributed by atoms with Crippen molar-refractivity contribution in [3.63, 3.8) is 0 Å². The highest BCUT2D eigenvalue weighted by molar-refractivity contribution is 9.11. The molecule has 14 aromatic carbocycles. The summed E-state index contributed by atoms with van der Waals surface area (Å²) in [4.78, 5) is 70.1. The summed E-state index contributed by atoms with van der Waals surface area (Å²) >= 11 is 90.0. The highest BCUT2D eigenvalue weighted by Crippen LogP contribution is 2.45. The predicted molar refractivity (Wildman–Crippen MR) is 583 cm³/mol. The molecule has 2 aliphatic heterocycles. The molecule has 706 valence electrons. The second kappa shape index (κ2) is 47.7. The van der Waals surface area contributed by atoms with Crippen LogP contribution in [0.15, 0.2) is 271 Å². The van der Waals surface area contributed by atoms with Crippen molar-refractivity contribution in [2.24, 2.45) is 0 Å². The van der Waals surface area contributed by atoms with E-state index in [1.807, 2.05) is 84.9 Å². The van der Waals surface area contributed by atoms with E-state index in [1.54, 1.807) is 60.7 Å². The Morgan fingerprint density at radius 3 is 1.28 bits per heavy atom. The molecular formula is C110H82Br5Cl12NO10. The number of ketones is 1. The summed E-state index contributed by atoms with van der Waals surface area (Å²) in [6.45, 7) is 13.9. The predicted octanol–water partition coefficient (Wildman–Crippen LogP) is 36.2. The minimum Gasteiger partial charge on any atom is -0.478 e. The maximum absolute atomic E-state index is 12.7. The Hall–Kier alpha value is -8.28. The zero-order chi connectivity index (χ0) is 99.5. The normalized spacial score (nSPS) is 13.1. The molecule has 5 aliphatic rings. The van der Waals surface area contributed by atoms with Crippen LogP contribution in [0.4, 0.5) is 17.1 Å². The summed E-state index contributed by atoms with van der Waals surface area (Å²) < 4.78 is 19.1. The van der Waals surface area contributed by atoms with Crippen molar-refractivity contribution in [1.29, 1.82) is 0 Å². The van der Waals surface area contributed by atoms with E-state index in [4.69, 9.17) is 144 Å². The lowest BCUT2D eigenvalue weighted by Crippen LogP contribution is -2.14. The lowest BCUT2D eigenvalue weighted by molar-refractivity contribution is -0.120. The zero-order valence-electron chi connectivity index (χ0n) is 74.4. The van der Waals surface area contributed by atoms with Crippen molar-refractivity contribution in [3.8, 4) is 5.75 Å². The third-order valence-corrected chi connectivity index (χ3v) is 30.7. The standard InChI is InChI=1S/C35H37Cl2N.C15H7BrCl2O2.C15H11BrCl2O2.C15H9BrCl2O.C15H11BrCl2.C8H2Cl2O3.C7H5BrO2/c1-34(2,3)26-11-16-28(17-12-26)38(29-18-13-27(14-19-29)35(4,5)6)30-15-9-23-7-8-24-10-20-32(36)33(37)31(24)22-25(23)21-30;16-9-3-1-8(2-4-9)7-12-10-5-6-11(17)14(18)13(10)15(19)20-12;16-11-6-2-9(3-7-11)1-4-10-5-8-12(17)14(18)13(10)15(19)20;16-10-5-3-8-1-2-9-4-6-12(17)14(18)13(9)15(19)11(8)7-10;16-12-5-3-9-1-2-10-4-6-14(17)15(18)13(10)8-11(9)7-12;9-4-2-1-3-5(6(4)10)8(12)13-7(3)11;8-6-1-3-7(4-2-6)10-5-9/h9-21H,7-8,22H2,1-6H3;1-7H;2-3,5-8H,1,4H2,(H,19,20);3-7H,1-2H2;3-7H,1-2,8H2;1-2H;1-5H/b;12-7-;;;;;. The molecule has 11 nitrogen and oxygen atoms in total. The first-order valence-corrected chi connectivity index (χ1v) is 51.5. The Labute approximate surface area is 903 Å². The maximum Gasteiger partial charge on any atom is 0.348 e. The van der Waals surface area contributed by atoms with Gasteiger partial charge in [-0.15, -0.1) is 0 Å². The number of hydrogen-bond donors (Lipinski definition) is 1. The van der Waals surface area contributed by atoms with E-state index in [1.165, 1.54) is 62.2 Å². The van der Waals surface area contributed by atoms with Gasteiger partial charge in [0.1, 0.15) is 11.5 Å². The van der Waals surface area contributed by atoms with Gasteiger partial charge in [-0.3, -0.25) is 9.59 Å². The third-order valence-electron chi connectivity index (χ3n) is 23.3. The summed E-state index contributed by atoms with van der Waals surface area (Å²) in [7, 11) is 0. The number of hydrogen-bond acceptors (Lipinski definition) is 10. The van der Waals surface area contributed by atoms with Gasteiger partial charge in [0.2, 0.25) is 0 Å². The van der Waals surface area contributed by atoms with Gasteiger partial charge in [0, 0.05) is 56.1 Å². The molecule has 0 unspecified atom stereocenters. The number of anilines is 3. The second-order valence-corrected chi connectivity index (χ2v) is 43.7. The number of halogens is 17. The van der Waals surface area contributed by atoms with Crippen LogP contribution >= 0.6 is 219 Å². The van der Waals surface area contributed by atoms with Crippen LogP contribution in [-0.4, -0.2) is 41.2 Å². The van der Waals surface area contributed by atoms with Crippen molar-refractivity contribution in [2.75, 3.05) is 4.90 Å². The van der Waals surface area contributed by atoms with E-state index in [9.17, 15) is 33.9 Å². The second-order valence-electron chi connectivity index (χ2n) is 34.4. The smallest absolute Gasteiger partial charge is 0.348 e. The lowest BCUT2D eigenvalue weighted by Gasteiger charge is -2.28. The van der Waals surface area contributed by atoms with Gasteiger partial charge in [0.25, 0.3) is 6.47 Å². The minimum absolute atomic E-state index is 0.0451. The van der Waals surface area contributed by atoms with Gasteiger partial charge < -0.3 is 24.2 Å². The number of carbonyl (C=O) groups is 6. The number of aromatic carboxylic acids is 1. The van der Waals surface area contributed by atoms with Crippen molar-refractivity contribution in [2.45, 2.75) is 117 Å². The average Bonchev–Trinajstić information content (AvgIpc) is 1.56. The molecule has 1 N–H and O–H groups in total. The third kappa shape index (κ3) is 26.6. The number of fused-ring (bicyclic) bond motifs is 8. The van der Waals surface area contributed by atoms with Crippen LogP contribution in [0.1, 0.15) is 188 Å². The molecule has 0 saturated heterocycles. The van der Waals surface area contributed by atoms with E-state index in [0.717, 1.165) is 125 Å². The Morgan fingerprint density at radius 2 is 0.761 bits per heavy atom.